The third-order valence-electron chi connectivity index (χ3n) is 14.0. The fourth-order valence-corrected chi connectivity index (χ4v) is 11.0. The van der Waals surface area contributed by atoms with E-state index in [1.165, 1.54) is 37.9 Å². The highest BCUT2D eigenvalue weighted by molar-refractivity contribution is 6.43. The molecule has 4 heteroatoms. The molecule has 14 aromatic rings. The summed E-state index contributed by atoms with van der Waals surface area (Å²) in [5.41, 5.74) is 10.2. The van der Waals surface area contributed by atoms with Crippen molar-refractivity contribution in [2.24, 2.45) is 0 Å². The van der Waals surface area contributed by atoms with Gasteiger partial charge < -0.3 is 18.6 Å². The summed E-state index contributed by atoms with van der Waals surface area (Å²) >= 11 is 0. The van der Waals surface area contributed by atoms with Gasteiger partial charge in [-0.25, -0.2) is 0 Å². The third kappa shape index (κ3) is 5.45. The van der Waals surface area contributed by atoms with Crippen LogP contribution in [0.25, 0.3) is 97.7 Å². The normalized spacial score (nSPS) is 12.6. The molecular formula is C62H40N2O2. The Morgan fingerprint density at radius 1 is 0.318 bits per heavy atom. The Morgan fingerprint density at radius 3 is 1.36 bits per heavy atom. The molecular weight excluding hydrogens is 805 g/mol. The molecule has 66 heavy (non-hydrogen) atoms. The molecule has 4 nitrogen and oxygen atoms in total. The highest BCUT2D eigenvalue weighted by Gasteiger charge is 2.26. The molecule has 0 aliphatic carbocycles. The molecule has 310 valence electrons. The molecule has 0 bridgehead atoms. The zero-order valence-electron chi connectivity index (χ0n) is 36.1. The number of rotatable bonds is 7. The SMILES string of the molecule is CC(c1ccccc1)N(c1ccc2ccccc2c1)c1ccc2c(c1)oc1c3cccc4c5c6ccc(N(c7ccccc7)c7ccc8ccccc8c7)cc6oc5c5cccc(c21)c5c34. The van der Waals surface area contributed by atoms with Crippen molar-refractivity contribution < 1.29 is 8.83 Å². The van der Waals surface area contributed by atoms with E-state index in [1.807, 2.05) is 0 Å². The molecule has 14 rings (SSSR count). The van der Waals surface area contributed by atoms with Gasteiger partial charge in [0.05, 0.1) is 6.04 Å². The maximum Gasteiger partial charge on any atom is 0.143 e. The second kappa shape index (κ2) is 14.2. The highest BCUT2D eigenvalue weighted by atomic mass is 16.3. The standard InChI is InChI=1S/C62H40N2O2/c1-38(39-14-4-2-5-15-39)63(45-28-26-40-16-8-10-18-42(40)34-45)47-30-32-49-55(36-47)65-61-53-24-13-23-52-58(53)57-51(59(49)61)22-12-25-54(57)62-60(52)50-33-31-48(37-56(50)66-62)64(44-20-6-3-7-21-44)46-29-27-41-17-9-11-19-43(41)35-46/h2-38H,1H3. The number of nitrogens with zero attached hydrogens (tertiary/aromatic N) is 2. The van der Waals surface area contributed by atoms with Crippen LogP contribution in [0.1, 0.15) is 18.5 Å². The van der Waals surface area contributed by atoms with E-state index in [9.17, 15) is 0 Å². The lowest BCUT2D eigenvalue weighted by molar-refractivity contribution is 0.671. The molecule has 0 fully saturated rings. The largest absolute Gasteiger partial charge is 0.455 e. The molecule has 0 amide bonds. The van der Waals surface area contributed by atoms with Crippen LogP contribution in [0.15, 0.2) is 227 Å². The summed E-state index contributed by atoms with van der Waals surface area (Å²) in [7, 11) is 0. The van der Waals surface area contributed by atoms with E-state index in [0.717, 1.165) is 93.9 Å². The van der Waals surface area contributed by atoms with Crippen LogP contribution in [0.4, 0.5) is 28.4 Å². The van der Waals surface area contributed by atoms with Crippen molar-refractivity contribution in [2.75, 3.05) is 9.80 Å². The number of furan rings is 2. The Balaban J connectivity index is 0.967. The Hall–Kier alpha value is -8.60. The number of hydrogen-bond donors (Lipinski definition) is 0. The summed E-state index contributed by atoms with van der Waals surface area (Å²) in [6, 6.07) is 78.7. The molecule has 2 aromatic heterocycles. The summed E-state index contributed by atoms with van der Waals surface area (Å²) < 4.78 is 14.2. The summed E-state index contributed by atoms with van der Waals surface area (Å²) in [5.74, 6) is 0. The lowest BCUT2D eigenvalue weighted by Crippen LogP contribution is -2.21. The van der Waals surface area contributed by atoms with Gasteiger partial charge in [-0.1, -0.05) is 146 Å². The second-order valence-corrected chi connectivity index (χ2v) is 17.6. The van der Waals surface area contributed by atoms with Crippen molar-refractivity contribution in [3.05, 3.63) is 224 Å². The first-order valence-electron chi connectivity index (χ1n) is 22.7. The van der Waals surface area contributed by atoms with Crippen LogP contribution in [0.3, 0.4) is 0 Å². The smallest absolute Gasteiger partial charge is 0.143 e. The van der Waals surface area contributed by atoms with Gasteiger partial charge in [-0.2, -0.15) is 0 Å². The Kier molecular flexibility index (Phi) is 7.93. The first-order valence-corrected chi connectivity index (χ1v) is 22.7. The topological polar surface area (TPSA) is 32.8 Å². The van der Waals surface area contributed by atoms with Gasteiger partial charge in [-0.3, -0.25) is 0 Å². The van der Waals surface area contributed by atoms with E-state index in [0.29, 0.717) is 0 Å². The average Bonchev–Trinajstić information content (AvgIpc) is 3.96. The second-order valence-electron chi connectivity index (χ2n) is 17.6. The maximum atomic E-state index is 7.13. The van der Waals surface area contributed by atoms with Gasteiger partial charge in [0.2, 0.25) is 0 Å². The molecule has 1 unspecified atom stereocenters. The number of hydrogen-bond acceptors (Lipinski definition) is 4. The molecule has 0 saturated heterocycles. The summed E-state index contributed by atoms with van der Waals surface area (Å²) in [6.07, 6.45) is 0. The van der Waals surface area contributed by atoms with Crippen LogP contribution in [0, 0.1) is 0 Å². The Labute approximate surface area is 380 Å². The van der Waals surface area contributed by atoms with Crippen molar-refractivity contribution in [2.45, 2.75) is 13.0 Å². The Morgan fingerprint density at radius 2 is 0.758 bits per heavy atom. The van der Waals surface area contributed by atoms with Gasteiger partial charge in [0.25, 0.3) is 0 Å². The van der Waals surface area contributed by atoms with Gasteiger partial charge in [-0.05, 0) is 105 Å². The lowest BCUT2D eigenvalue weighted by atomic mass is 9.89. The van der Waals surface area contributed by atoms with Gasteiger partial charge >= 0.3 is 0 Å². The van der Waals surface area contributed by atoms with Crippen LogP contribution in [-0.2, 0) is 0 Å². The molecule has 1 atom stereocenters. The van der Waals surface area contributed by atoms with Crippen LogP contribution in [0.5, 0.6) is 0 Å². The fraction of sp³-hybridized carbons (Fsp3) is 0.0323. The van der Waals surface area contributed by atoms with Crippen molar-refractivity contribution in [1.82, 2.24) is 0 Å². The first kappa shape index (κ1) is 36.8. The maximum absolute atomic E-state index is 7.13. The average molecular weight is 845 g/mol. The van der Waals surface area contributed by atoms with E-state index in [-0.39, 0.29) is 6.04 Å². The van der Waals surface area contributed by atoms with Gasteiger partial charge in [0.15, 0.2) is 0 Å². The minimum atomic E-state index is 0.0580. The molecule has 0 aliphatic heterocycles. The van der Waals surface area contributed by atoms with E-state index in [4.69, 9.17) is 8.83 Å². The summed E-state index contributed by atoms with van der Waals surface area (Å²) in [4.78, 5) is 4.75. The van der Waals surface area contributed by atoms with Crippen molar-refractivity contribution in [3.63, 3.8) is 0 Å². The number of fused-ring (bicyclic) bond motifs is 12. The summed E-state index contributed by atoms with van der Waals surface area (Å²) in [5, 5.41) is 16.2. The minimum absolute atomic E-state index is 0.0580. The highest BCUT2D eigenvalue weighted by Crippen LogP contribution is 2.51. The molecule has 12 aromatic carbocycles. The number of para-hydroxylation sites is 1. The van der Waals surface area contributed by atoms with Gasteiger partial charge in [-0.15, -0.1) is 0 Å². The number of anilines is 5. The van der Waals surface area contributed by atoms with Crippen LogP contribution in [-0.4, -0.2) is 0 Å². The summed E-state index contributed by atoms with van der Waals surface area (Å²) in [6.45, 7) is 2.28. The van der Waals surface area contributed by atoms with E-state index >= 15 is 0 Å². The van der Waals surface area contributed by atoms with Crippen molar-refractivity contribution in [3.8, 4) is 0 Å². The zero-order chi connectivity index (χ0) is 43.5. The Bertz CT molecular complexity index is 4210. The molecule has 0 saturated carbocycles. The molecule has 2 heterocycles. The van der Waals surface area contributed by atoms with Crippen molar-refractivity contribution >= 4 is 126 Å². The monoisotopic (exact) mass is 844 g/mol. The van der Waals surface area contributed by atoms with Crippen LogP contribution in [0.2, 0.25) is 0 Å². The number of benzene rings is 12. The van der Waals surface area contributed by atoms with Crippen molar-refractivity contribution in [1.29, 1.82) is 0 Å². The van der Waals surface area contributed by atoms with Crippen LogP contribution < -0.4 is 9.80 Å². The van der Waals surface area contributed by atoms with Gasteiger partial charge in [0.1, 0.15) is 22.3 Å². The lowest BCUT2D eigenvalue weighted by Gasteiger charge is -2.32. The quantitative estimate of drug-likeness (QED) is 0.150. The minimum Gasteiger partial charge on any atom is -0.455 e. The van der Waals surface area contributed by atoms with Crippen LogP contribution >= 0.6 is 0 Å². The molecule has 0 radical (unpaired) electrons. The van der Waals surface area contributed by atoms with E-state index in [1.54, 1.807) is 0 Å². The molecule has 0 N–H and O–H groups in total. The predicted octanol–water partition coefficient (Wildman–Crippen LogP) is 18.1. The predicted molar refractivity (Wildman–Crippen MR) is 278 cm³/mol. The third-order valence-corrected chi connectivity index (χ3v) is 14.0. The fourth-order valence-electron chi connectivity index (χ4n) is 11.0. The van der Waals surface area contributed by atoms with E-state index in [2.05, 4.69) is 235 Å². The van der Waals surface area contributed by atoms with Gasteiger partial charge in [0, 0.05) is 83.7 Å². The molecule has 0 spiro atoms. The first-order chi connectivity index (χ1) is 32.6. The van der Waals surface area contributed by atoms with E-state index < -0.39 is 0 Å². The molecule has 0 aliphatic rings. The zero-order valence-corrected chi connectivity index (χ0v) is 36.1.